The van der Waals surface area contributed by atoms with Crippen LogP contribution in [0.3, 0.4) is 0 Å². The maximum atomic E-state index is 6.16. The van der Waals surface area contributed by atoms with Crippen molar-refractivity contribution in [1.82, 2.24) is 10.2 Å². The minimum atomic E-state index is -0.0806. The lowest BCUT2D eigenvalue weighted by molar-refractivity contribution is 0.0143. The van der Waals surface area contributed by atoms with Crippen LogP contribution < -0.4 is 10.1 Å². The van der Waals surface area contributed by atoms with Gasteiger partial charge in [0.15, 0.2) is 0 Å². The highest BCUT2D eigenvalue weighted by atomic mass is 16.5. The van der Waals surface area contributed by atoms with Crippen LogP contribution in [0.15, 0.2) is 24.3 Å². The third kappa shape index (κ3) is 2.95. The monoisotopic (exact) mass is 288 g/mol. The van der Waals surface area contributed by atoms with Crippen LogP contribution in [0.25, 0.3) is 0 Å². The van der Waals surface area contributed by atoms with Crippen LogP contribution in [0.5, 0.6) is 5.75 Å². The third-order valence-electron chi connectivity index (χ3n) is 5.30. The minimum Gasteiger partial charge on any atom is -0.487 e. The molecule has 0 bridgehead atoms. The van der Waals surface area contributed by atoms with Crippen LogP contribution in [0.4, 0.5) is 0 Å². The van der Waals surface area contributed by atoms with Gasteiger partial charge in [0.25, 0.3) is 0 Å². The number of hydrogen-bond acceptors (Lipinski definition) is 3. The summed E-state index contributed by atoms with van der Waals surface area (Å²) in [6.45, 7) is 9.07. The zero-order chi connectivity index (χ0) is 15.1. The standard InChI is InChI=1S/C18H28N2O/c1-17(2)13-15(14-7-5-6-8-16(14)21-17)20-11-9-18(3,19-4)10-12-20/h5-8,15,19H,9-13H2,1-4H3. The van der Waals surface area contributed by atoms with Crippen molar-refractivity contribution in [3.05, 3.63) is 29.8 Å². The van der Waals surface area contributed by atoms with Crippen LogP contribution in [0, 0.1) is 0 Å². The quantitative estimate of drug-likeness (QED) is 0.903. The predicted molar refractivity (Wildman–Crippen MR) is 86.8 cm³/mol. The van der Waals surface area contributed by atoms with E-state index in [0.29, 0.717) is 11.6 Å². The molecule has 1 N–H and O–H groups in total. The van der Waals surface area contributed by atoms with E-state index >= 15 is 0 Å². The molecule has 0 spiro atoms. The molecule has 0 aliphatic carbocycles. The first kappa shape index (κ1) is 14.9. The van der Waals surface area contributed by atoms with Gasteiger partial charge in [0.1, 0.15) is 11.4 Å². The minimum absolute atomic E-state index is 0.0806. The van der Waals surface area contributed by atoms with Gasteiger partial charge in [-0.05, 0) is 46.7 Å². The number of para-hydroxylation sites is 1. The van der Waals surface area contributed by atoms with E-state index in [1.807, 2.05) is 0 Å². The van der Waals surface area contributed by atoms with Gasteiger partial charge in [-0.2, -0.15) is 0 Å². The largest absolute Gasteiger partial charge is 0.487 e. The Hall–Kier alpha value is -1.06. The normalized spacial score (nSPS) is 27.7. The van der Waals surface area contributed by atoms with Gasteiger partial charge < -0.3 is 10.1 Å². The number of benzene rings is 1. The Labute approximate surface area is 128 Å². The van der Waals surface area contributed by atoms with E-state index in [9.17, 15) is 0 Å². The van der Waals surface area contributed by atoms with Crippen molar-refractivity contribution >= 4 is 0 Å². The molecule has 3 heteroatoms. The Morgan fingerprint density at radius 1 is 1.14 bits per heavy atom. The first-order valence-corrected chi connectivity index (χ1v) is 8.13. The Morgan fingerprint density at radius 2 is 1.81 bits per heavy atom. The summed E-state index contributed by atoms with van der Waals surface area (Å²) in [5.41, 5.74) is 1.59. The van der Waals surface area contributed by atoms with Crippen molar-refractivity contribution in [1.29, 1.82) is 0 Å². The van der Waals surface area contributed by atoms with Crippen LogP contribution >= 0.6 is 0 Å². The fourth-order valence-electron chi connectivity index (χ4n) is 3.67. The summed E-state index contributed by atoms with van der Waals surface area (Å²) >= 11 is 0. The molecule has 1 fully saturated rings. The fourth-order valence-corrected chi connectivity index (χ4v) is 3.67. The van der Waals surface area contributed by atoms with Gasteiger partial charge in [-0.15, -0.1) is 0 Å². The average Bonchev–Trinajstić information content (AvgIpc) is 2.46. The predicted octanol–water partition coefficient (Wildman–Crippen LogP) is 3.36. The number of likely N-dealkylation sites (tertiary alicyclic amines) is 1. The second-order valence-electron chi connectivity index (χ2n) is 7.47. The fraction of sp³-hybridized carbons (Fsp3) is 0.667. The SMILES string of the molecule is CNC1(C)CCN(C2CC(C)(C)Oc3ccccc32)CC1. The van der Waals surface area contributed by atoms with Gasteiger partial charge in [-0.1, -0.05) is 18.2 Å². The molecule has 3 nitrogen and oxygen atoms in total. The first-order valence-electron chi connectivity index (χ1n) is 8.13. The van der Waals surface area contributed by atoms with Crippen molar-refractivity contribution in [2.24, 2.45) is 0 Å². The molecule has 1 unspecified atom stereocenters. The van der Waals surface area contributed by atoms with Gasteiger partial charge in [-0.3, -0.25) is 4.90 Å². The molecule has 2 aliphatic rings. The van der Waals surface area contributed by atoms with Gasteiger partial charge in [0, 0.05) is 36.7 Å². The second kappa shape index (κ2) is 5.29. The molecular weight excluding hydrogens is 260 g/mol. The number of nitrogens with one attached hydrogen (secondary N) is 1. The summed E-state index contributed by atoms with van der Waals surface area (Å²) in [5.74, 6) is 1.07. The van der Waals surface area contributed by atoms with E-state index in [4.69, 9.17) is 4.74 Å². The summed E-state index contributed by atoms with van der Waals surface area (Å²) in [5, 5.41) is 3.49. The highest BCUT2D eigenvalue weighted by Gasteiger charge is 2.39. The van der Waals surface area contributed by atoms with Gasteiger partial charge in [0.05, 0.1) is 0 Å². The van der Waals surface area contributed by atoms with Crippen LogP contribution in [-0.2, 0) is 0 Å². The van der Waals surface area contributed by atoms with E-state index in [-0.39, 0.29) is 5.60 Å². The summed E-state index contributed by atoms with van der Waals surface area (Å²) in [6.07, 6.45) is 3.49. The maximum absolute atomic E-state index is 6.16. The smallest absolute Gasteiger partial charge is 0.124 e. The summed E-state index contributed by atoms with van der Waals surface area (Å²) in [4.78, 5) is 2.65. The molecule has 0 aromatic heterocycles. The lowest BCUT2D eigenvalue weighted by Gasteiger charge is -2.47. The van der Waals surface area contributed by atoms with E-state index in [0.717, 1.165) is 25.3 Å². The van der Waals surface area contributed by atoms with Crippen molar-refractivity contribution in [2.45, 2.75) is 57.2 Å². The maximum Gasteiger partial charge on any atom is 0.124 e. The highest BCUT2D eigenvalue weighted by Crippen LogP contribution is 2.43. The van der Waals surface area contributed by atoms with Crippen molar-refractivity contribution < 1.29 is 4.74 Å². The van der Waals surface area contributed by atoms with E-state index in [1.54, 1.807) is 0 Å². The van der Waals surface area contributed by atoms with E-state index in [2.05, 4.69) is 62.3 Å². The topological polar surface area (TPSA) is 24.5 Å². The van der Waals surface area contributed by atoms with Gasteiger partial charge >= 0.3 is 0 Å². The van der Waals surface area contributed by atoms with Crippen LogP contribution in [0.2, 0.25) is 0 Å². The molecule has 0 saturated carbocycles. The Balaban J connectivity index is 1.82. The molecule has 1 atom stereocenters. The molecule has 1 saturated heterocycles. The lowest BCUT2D eigenvalue weighted by atomic mass is 9.84. The van der Waals surface area contributed by atoms with E-state index in [1.165, 1.54) is 18.4 Å². The summed E-state index contributed by atoms with van der Waals surface area (Å²) in [6, 6.07) is 9.05. The van der Waals surface area contributed by atoms with Gasteiger partial charge in [0.2, 0.25) is 0 Å². The van der Waals surface area contributed by atoms with Crippen LogP contribution in [-0.4, -0.2) is 36.2 Å². The highest BCUT2D eigenvalue weighted by molar-refractivity contribution is 5.38. The molecule has 116 valence electrons. The molecular formula is C18H28N2O. The Kier molecular flexibility index (Phi) is 3.74. The molecule has 2 aliphatic heterocycles. The molecule has 21 heavy (non-hydrogen) atoms. The number of piperidine rings is 1. The molecule has 1 aromatic rings. The molecule has 0 amide bonds. The molecule has 2 heterocycles. The zero-order valence-electron chi connectivity index (χ0n) is 13.8. The van der Waals surface area contributed by atoms with Gasteiger partial charge in [-0.25, -0.2) is 0 Å². The number of fused-ring (bicyclic) bond motifs is 1. The summed E-state index contributed by atoms with van der Waals surface area (Å²) in [7, 11) is 2.09. The third-order valence-corrected chi connectivity index (χ3v) is 5.30. The summed E-state index contributed by atoms with van der Waals surface area (Å²) < 4.78 is 6.16. The number of nitrogens with zero attached hydrogens (tertiary/aromatic N) is 1. The average molecular weight is 288 g/mol. The van der Waals surface area contributed by atoms with E-state index < -0.39 is 0 Å². The second-order valence-corrected chi connectivity index (χ2v) is 7.47. The van der Waals surface area contributed by atoms with Crippen molar-refractivity contribution in [3.8, 4) is 5.75 Å². The van der Waals surface area contributed by atoms with Crippen molar-refractivity contribution in [3.63, 3.8) is 0 Å². The number of rotatable bonds is 2. The molecule has 0 radical (unpaired) electrons. The Bertz CT molecular complexity index is 504. The Morgan fingerprint density at radius 3 is 2.48 bits per heavy atom. The zero-order valence-corrected chi connectivity index (χ0v) is 13.8. The molecule has 3 rings (SSSR count). The molecule has 1 aromatic carbocycles. The first-order chi connectivity index (χ1) is 9.92. The number of ether oxygens (including phenoxy) is 1. The lowest BCUT2D eigenvalue weighted by Crippen LogP contribution is -2.52. The number of hydrogen-bond donors (Lipinski definition) is 1. The van der Waals surface area contributed by atoms with Crippen LogP contribution in [0.1, 0.15) is 51.6 Å². The van der Waals surface area contributed by atoms with Crippen molar-refractivity contribution in [2.75, 3.05) is 20.1 Å².